The summed E-state index contributed by atoms with van der Waals surface area (Å²) < 4.78 is 0. The van der Waals surface area contributed by atoms with Gasteiger partial charge in [-0.15, -0.1) is 0 Å². The highest BCUT2D eigenvalue weighted by molar-refractivity contribution is 5.17. The van der Waals surface area contributed by atoms with Gasteiger partial charge >= 0.3 is 0 Å². The number of nitrogens with zero attached hydrogens (tertiary/aromatic N) is 1. The van der Waals surface area contributed by atoms with Crippen LogP contribution >= 0.6 is 0 Å². The Hall–Kier alpha value is -0.890. The lowest BCUT2D eigenvalue weighted by Gasteiger charge is -2.15. The van der Waals surface area contributed by atoms with E-state index in [1.165, 1.54) is 36.9 Å². The molecule has 1 aromatic heterocycles. The molecule has 88 valence electrons. The van der Waals surface area contributed by atoms with E-state index in [0.717, 1.165) is 13.1 Å². The fourth-order valence-electron chi connectivity index (χ4n) is 2.37. The summed E-state index contributed by atoms with van der Waals surface area (Å²) in [5.41, 5.74) is 3.11. The SMILES string of the molecule is CCCC1(CNCc2ncccc2C)CC1. The Bertz CT molecular complexity index is 342. The molecule has 1 fully saturated rings. The second-order valence-electron chi connectivity index (χ2n) is 5.12. The second kappa shape index (κ2) is 4.96. The maximum absolute atomic E-state index is 4.40. The molecule has 2 rings (SSSR count). The van der Waals surface area contributed by atoms with Crippen LogP contribution in [0, 0.1) is 12.3 Å². The molecule has 0 atom stereocenters. The van der Waals surface area contributed by atoms with Crippen molar-refractivity contribution in [1.82, 2.24) is 10.3 Å². The fraction of sp³-hybridized carbons (Fsp3) is 0.643. The van der Waals surface area contributed by atoms with E-state index < -0.39 is 0 Å². The van der Waals surface area contributed by atoms with Crippen LogP contribution in [0.3, 0.4) is 0 Å². The number of pyridine rings is 1. The summed E-state index contributed by atoms with van der Waals surface area (Å²) in [6, 6.07) is 4.13. The Morgan fingerprint density at radius 2 is 2.25 bits per heavy atom. The van der Waals surface area contributed by atoms with Gasteiger partial charge in [0.25, 0.3) is 0 Å². The first-order valence-corrected chi connectivity index (χ1v) is 6.37. The van der Waals surface area contributed by atoms with Gasteiger partial charge in [0, 0.05) is 19.3 Å². The van der Waals surface area contributed by atoms with Crippen LogP contribution in [0.2, 0.25) is 0 Å². The summed E-state index contributed by atoms with van der Waals surface area (Å²) in [4.78, 5) is 4.40. The van der Waals surface area contributed by atoms with Gasteiger partial charge in [-0.05, 0) is 43.2 Å². The predicted molar refractivity (Wildman–Crippen MR) is 67.3 cm³/mol. The Balaban J connectivity index is 1.78. The zero-order valence-corrected chi connectivity index (χ0v) is 10.4. The maximum Gasteiger partial charge on any atom is 0.0570 e. The lowest BCUT2D eigenvalue weighted by molar-refractivity contribution is 0.419. The first-order valence-electron chi connectivity index (χ1n) is 6.37. The van der Waals surface area contributed by atoms with Crippen LogP contribution in [-0.4, -0.2) is 11.5 Å². The average Bonchev–Trinajstić information content (AvgIpc) is 3.02. The van der Waals surface area contributed by atoms with Gasteiger partial charge in [0.2, 0.25) is 0 Å². The molecule has 2 nitrogen and oxygen atoms in total. The van der Waals surface area contributed by atoms with Crippen molar-refractivity contribution in [1.29, 1.82) is 0 Å². The van der Waals surface area contributed by atoms with E-state index in [2.05, 4.69) is 30.2 Å². The summed E-state index contributed by atoms with van der Waals surface area (Å²) in [6.07, 6.45) is 7.39. The van der Waals surface area contributed by atoms with Crippen LogP contribution in [0.1, 0.15) is 43.9 Å². The van der Waals surface area contributed by atoms with E-state index in [9.17, 15) is 0 Å². The van der Waals surface area contributed by atoms with Gasteiger partial charge in [0.15, 0.2) is 0 Å². The van der Waals surface area contributed by atoms with Crippen LogP contribution in [0.4, 0.5) is 0 Å². The Morgan fingerprint density at radius 1 is 1.44 bits per heavy atom. The predicted octanol–water partition coefficient (Wildman–Crippen LogP) is 3.06. The van der Waals surface area contributed by atoms with Crippen LogP contribution in [0.15, 0.2) is 18.3 Å². The highest BCUT2D eigenvalue weighted by atomic mass is 14.9. The number of hydrogen-bond donors (Lipinski definition) is 1. The smallest absolute Gasteiger partial charge is 0.0570 e. The molecule has 1 N–H and O–H groups in total. The molecule has 0 aromatic carbocycles. The number of aromatic nitrogens is 1. The van der Waals surface area contributed by atoms with Crippen molar-refractivity contribution in [3.05, 3.63) is 29.6 Å². The van der Waals surface area contributed by atoms with Crippen molar-refractivity contribution < 1.29 is 0 Å². The largest absolute Gasteiger partial charge is 0.311 e. The van der Waals surface area contributed by atoms with E-state index in [1.807, 2.05) is 12.3 Å². The van der Waals surface area contributed by atoms with Crippen molar-refractivity contribution in [2.45, 2.75) is 46.1 Å². The third-order valence-electron chi connectivity index (χ3n) is 3.65. The van der Waals surface area contributed by atoms with E-state index in [4.69, 9.17) is 0 Å². The number of hydrogen-bond acceptors (Lipinski definition) is 2. The molecule has 0 bridgehead atoms. The minimum absolute atomic E-state index is 0.636. The van der Waals surface area contributed by atoms with Gasteiger partial charge in [-0.1, -0.05) is 19.4 Å². The molecule has 1 aliphatic rings. The Kier molecular flexibility index (Phi) is 3.59. The molecule has 0 radical (unpaired) electrons. The van der Waals surface area contributed by atoms with Gasteiger partial charge in [0.1, 0.15) is 0 Å². The minimum atomic E-state index is 0.636. The van der Waals surface area contributed by atoms with E-state index in [0.29, 0.717) is 5.41 Å². The Morgan fingerprint density at radius 3 is 2.88 bits per heavy atom. The standard InChI is InChI=1S/C14H22N2/c1-3-6-14(7-8-14)11-15-10-13-12(2)5-4-9-16-13/h4-5,9,15H,3,6-8,10-11H2,1-2H3. The molecule has 2 heteroatoms. The molecule has 16 heavy (non-hydrogen) atoms. The van der Waals surface area contributed by atoms with Crippen molar-refractivity contribution in [3.63, 3.8) is 0 Å². The molecule has 1 saturated carbocycles. The molecule has 0 spiro atoms. The van der Waals surface area contributed by atoms with Gasteiger partial charge in [-0.3, -0.25) is 4.98 Å². The summed E-state index contributed by atoms with van der Waals surface area (Å²) >= 11 is 0. The topological polar surface area (TPSA) is 24.9 Å². The van der Waals surface area contributed by atoms with Crippen molar-refractivity contribution in [2.24, 2.45) is 5.41 Å². The second-order valence-corrected chi connectivity index (χ2v) is 5.12. The molecular formula is C14H22N2. The van der Waals surface area contributed by atoms with Crippen molar-refractivity contribution >= 4 is 0 Å². The summed E-state index contributed by atoms with van der Waals surface area (Å²) in [6.45, 7) is 6.49. The average molecular weight is 218 g/mol. The number of rotatable bonds is 6. The molecule has 1 aromatic rings. The zero-order valence-electron chi connectivity index (χ0n) is 10.4. The highest BCUT2D eigenvalue weighted by Crippen LogP contribution is 2.48. The van der Waals surface area contributed by atoms with Crippen LogP contribution < -0.4 is 5.32 Å². The Labute approximate surface area is 98.5 Å². The molecular weight excluding hydrogens is 196 g/mol. The molecule has 0 amide bonds. The number of nitrogens with one attached hydrogen (secondary N) is 1. The van der Waals surface area contributed by atoms with E-state index in [-0.39, 0.29) is 0 Å². The fourth-order valence-corrected chi connectivity index (χ4v) is 2.37. The molecule has 1 aliphatic carbocycles. The summed E-state index contributed by atoms with van der Waals surface area (Å²) in [5.74, 6) is 0. The van der Waals surface area contributed by atoms with E-state index in [1.54, 1.807) is 0 Å². The molecule has 1 heterocycles. The molecule has 0 unspecified atom stereocenters. The van der Waals surface area contributed by atoms with Crippen LogP contribution in [0.5, 0.6) is 0 Å². The summed E-state index contributed by atoms with van der Waals surface area (Å²) in [5, 5.41) is 3.57. The van der Waals surface area contributed by atoms with Gasteiger partial charge in [-0.25, -0.2) is 0 Å². The molecule has 0 aliphatic heterocycles. The summed E-state index contributed by atoms with van der Waals surface area (Å²) in [7, 11) is 0. The lowest BCUT2D eigenvalue weighted by Crippen LogP contribution is -2.24. The van der Waals surface area contributed by atoms with Crippen molar-refractivity contribution in [3.8, 4) is 0 Å². The van der Waals surface area contributed by atoms with Gasteiger partial charge < -0.3 is 5.32 Å². The first kappa shape index (κ1) is 11.6. The van der Waals surface area contributed by atoms with Crippen LogP contribution in [-0.2, 0) is 6.54 Å². The van der Waals surface area contributed by atoms with Crippen LogP contribution in [0.25, 0.3) is 0 Å². The quantitative estimate of drug-likeness (QED) is 0.793. The third-order valence-corrected chi connectivity index (χ3v) is 3.65. The first-order chi connectivity index (χ1) is 7.76. The zero-order chi connectivity index (χ0) is 11.4. The van der Waals surface area contributed by atoms with E-state index >= 15 is 0 Å². The maximum atomic E-state index is 4.40. The normalized spacial score (nSPS) is 17.4. The minimum Gasteiger partial charge on any atom is -0.311 e. The lowest BCUT2D eigenvalue weighted by atomic mass is 10.0. The van der Waals surface area contributed by atoms with Crippen molar-refractivity contribution in [2.75, 3.05) is 6.54 Å². The highest BCUT2D eigenvalue weighted by Gasteiger charge is 2.40. The third kappa shape index (κ3) is 2.82. The monoisotopic (exact) mass is 218 g/mol. The van der Waals surface area contributed by atoms with Gasteiger partial charge in [-0.2, -0.15) is 0 Å². The number of aryl methyl sites for hydroxylation is 1. The molecule has 0 saturated heterocycles. The van der Waals surface area contributed by atoms with Gasteiger partial charge in [0.05, 0.1) is 5.69 Å².